The molecule has 7 nitrogen and oxygen atoms in total. The molecule has 0 atom stereocenters. The Morgan fingerprint density at radius 2 is 1.89 bits per heavy atom. The van der Waals surface area contributed by atoms with Crippen LogP contribution in [0.2, 0.25) is 5.02 Å². The van der Waals surface area contributed by atoms with E-state index in [-0.39, 0.29) is 5.91 Å². The molecule has 1 fully saturated rings. The van der Waals surface area contributed by atoms with Crippen LogP contribution in [0.4, 0.5) is 23.0 Å². The molecule has 0 aliphatic carbocycles. The van der Waals surface area contributed by atoms with Gasteiger partial charge in [0.2, 0.25) is 11.9 Å². The summed E-state index contributed by atoms with van der Waals surface area (Å²) >= 11 is 6.41. The number of anilines is 4. The number of piperidine rings is 1. The Kier molecular flexibility index (Phi) is 8.92. The van der Waals surface area contributed by atoms with Gasteiger partial charge in [-0.25, -0.2) is 9.97 Å². The van der Waals surface area contributed by atoms with Crippen molar-refractivity contribution in [3.63, 3.8) is 0 Å². The molecule has 1 amide bonds. The number of likely N-dealkylation sites (tertiary alicyclic amines) is 1. The van der Waals surface area contributed by atoms with Gasteiger partial charge < -0.3 is 20.9 Å². The number of carbonyl (C=O) groups excluding carboxylic acids is 1. The third-order valence-electron chi connectivity index (χ3n) is 6.31. The van der Waals surface area contributed by atoms with Crippen LogP contribution in [0.15, 0.2) is 67.4 Å². The maximum Gasteiger partial charge on any atom is 0.247 e. The van der Waals surface area contributed by atoms with E-state index in [9.17, 15) is 4.79 Å². The van der Waals surface area contributed by atoms with Crippen LogP contribution in [0.25, 0.3) is 11.3 Å². The highest BCUT2D eigenvalue weighted by Gasteiger charge is 2.15. The zero-order chi connectivity index (χ0) is 25.3. The number of aromatic nitrogens is 2. The van der Waals surface area contributed by atoms with Crippen molar-refractivity contribution in [3.05, 3.63) is 72.4 Å². The molecule has 36 heavy (non-hydrogen) atoms. The highest BCUT2D eigenvalue weighted by molar-refractivity contribution is 6.33. The number of benzene rings is 2. The zero-order valence-electron chi connectivity index (χ0n) is 20.6. The Morgan fingerprint density at radius 1 is 1.14 bits per heavy atom. The van der Waals surface area contributed by atoms with Gasteiger partial charge in [0.05, 0.1) is 16.9 Å². The molecule has 2 aromatic carbocycles. The summed E-state index contributed by atoms with van der Waals surface area (Å²) < 4.78 is 0. The van der Waals surface area contributed by atoms with Crippen molar-refractivity contribution < 1.29 is 4.79 Å². The van der Waals surface area contributed by atoms with Gasteiger partial charge >= 0.3 is 0 Å². The van der Waals surface area contributed by atoms with Gasteiger partial charge in [-0.1, -0.05) is 43.3 Å². The molecule has 3 aromatic rings. The molecule has 1 aliphatic rings. The van der Waals surface area contributed by atoms with Crippen molar-refractivity contribution in [1.82, 2.24) is 14.9 Å². The van der Waals surface area contributed by atoms with Gasteiger partial charge in [-0.15, -0.1) is 0 Å². The first kappa shape index (κ1) is 25.7. The fourth-order valence-electron chi connectivity index (χ4n) is 4.22. The fourth-order valence-corrected chi connectivity index (χ4v) is 4.42. The molecule has 4 rings (SSSR count). The normalized spacial score (nSPS) is 14.3. The van der Waals surface area contributed by atoms with E-state index in [1.54, 1.807) is 12.3 Å². The fraction of sp³-hybridized carbons (Fsp3) is 0.321. The Balaban J connectivity index is 1.37. The maximum atomic E-state index is 11.6. The van der Waals surface area contributed by atoms with E-state index >= 15 is 0 Å². The minimum Gasteiger partial charge on any atom is -0.385 e. The summed E-state index contributed by atoms with van der Waals surface area (Å²) in [6.45, 7) is 10.3. The van der Waals surface area contributed by atoms with Crippen molar-refractivity contribution >= 4 is 40.5 Å². The summed E-state index contributed by atoms with van der Waals surface area (Å²) in [5, 5.41) is 9.97. The average molecular weight is 505 g/mol. The van der Waals surface area contributed by atoms with E-state index < -0.39 is 0 Å². The van der Waals surface area contributed by atoms with Gasteiger partial charge in [-0.05, 0) is 81.2 Å². The van der Waals surface area contributed by atoms with Crippen molar-refractivity contribution in [3.8, 4) is 11.3 Å². The van der Waals surface area contributed by atoms with Crippen molar-refractivity contribution in [2.24, 2.45) is 5.92 Å². The molecule has 8 heteroatoms. The quantitative estimate of drug-likeness (QED) is 0.225. The van der Waals surface area contributed by atoms with Crippen LogP contribution >= 0.6 is 11.6 Å². The predicted octanol–water partition coefficient (Wildman–Crippen LogP) is 6.20. The average Bonchev–Trinajstić information content (AvgIpc) is 2.89. The molecule has 0 unspecified atom stereocenters. The summed E-state index contributed by atoms with van der Waals surface area (Å²) in [4.78, 5) is 23.2. The molecular weight excluding hydrogens is 472 g/mol. The summed E-state index contributed by atoms with van der Waals surface area (Å²) in [5.41, 5.74) is 3.91. The highest BCUT2D eigenvalue weighted by atomic mass is 35.5. The summed E-state index contributed by atoms with van der Waals surface area (Å²) in [5.74, 6) is 1.02. The maximum absolute atomic E-state index is 11.6. The van der Waals surface area contributed by atoms with Gasteiger partial charge in [0.1, 0.15) is 0 Å². The number of carbonyl (C=O) groups is 1. The monoisotopic (exact) mass is 504 g/mol. The minimum absolute atomic E-state index is 0.280. The van der Waals surface area contributed by atoms with Crippen LogP contribution in [0.5, 0.6) is 0 Å². The van der Waals surface area contributed by atoms with E-state index in [4.69, 9.17) is 11.6 Å². The smallest absolute Gasteiger partial charge is 0.247 e. The van der Waals surface area contributed by atoms with Crippen molar-refractivity contribution in [2.45, 2.75) is 26.2 Å². The molecule has 1 aromatic heterocycles. The predicted molar refractivity (Wildman–Crippen MR) is 149 cm³/mol. The second kappa shape index (κ2) is 12.5. The largest absolute Gasteiger partial charge is 0.385 e. The summed E-state index contributed by atoms with van der Waals surface area (Å²) in [6, 6.07) is 15.4. The number of nitrogens with zero attached hydrogens (tertiary/aromatic N) is 3. The van der Waals surface area contributed by atoms with Gasteiger partial charge in [0, 0.05) is 29.2 Å². The molecule has 0 saturated carbocycles. The Morgan fingerprint density at radius 3 is 2.69 bits per heavy atom. The first-order chi connectivity index (χ1) is 17.5. The Bertz CT molecular complexity index is 1190. The van der Waals surface area contributed by atoms with Gasteiger partial charge in [0.15, 0.2) is 0 Å². The molecule has 0 radical (unpaired) electrons. The lowest BCUT2D eigenvalue weighted by Gasteiger charge is -2.30. The zero-order valence-corrected chi connectivity index (χ0v) is 21.4. The number of hydrogen-bond donors (Lipinski definition) is 3. The molecular formula is C28H33ClN6O. The molecule has 0 spiro atoms. The molecule has 2 heterocycles. The van der Waals surface area contributed by atoms with Crippen LogP contribution in [0.3, 0.4) is 0 Å². The van der Waals surface area contributed by atoms with Gasteiger partial charge in [0.25, 0.3) is 0 Å². The second-order valence-electron chi connectivity index (χ2n) is 9.17. The SMILES string of the molecule is C=CC(=O)Nc1cccc(-c2nc(Nc3cccc(NCCCN4CCC(C)CC4)c3)ncc2Cl)c1. The lowest BCUT2D eigenvalue weighted by atomic mass is 9.99. The summed E-state index contributed by atoms with van der Waals surface area (Å²) in [7, 11) is 0. The highest BCUT2D eigenvalue weighted by Crippen LogP contribution is 2.29. The number of halogens is 1. The minimum atomic E-state index is -0.280. The van der Waals surface area contributed by atoms with Crippen molar-refractivity contribution in [1.29, 1.82) is 0 Å². The standard InChI is InChI=1S/C28H33ClN6O/c1-3-26(36)32-23-9-4-7-21(17-23)27-25(29)19-31-28(34-27)33-24-10-5-8-22(18-24)30-13-6-14-35-15-11-20(2)12-16-35/h3-5,7-10,17-20,30H,1,6,11-16H2,2H3,(H,32,36)(H,31,33,34). The van der Waals surface area contributed by atoms with E-state index in [1.165, 1.54) is 32.0 Å². The third kappa shape index (κ3) is 7.29. The van der Waals surface area contributed by atoms with Gasteiger partial charge in [-0.3, -0.25) is 4.79 Å². The molecule has 0 bridgehead atoms. The van der Waals surface area contributed by atoms with Crippen molar-refractivity contribution in [2.75, 3.05) is 42.1 Å². The van der Waals surface area contributed by atoms with Crippen LogP contribution < -0.4 is 16.0 Å². The first-order valence-electron chi connectivity index (χ1n) is 12.4. The van der Waals surface area contributed by atoms with E-state index in [1.807, 2.05) is 36.4 Å². The first-order valence-corrected chi connectivity index (χ1v) is 12.8. The number of nitrogens with one attached hydrogen (secondary N) is 3. The van der Waals surface area contributed by atoms with Crippen LogP contribution in [0.1, 0.15) is 26.2 Å². The lowest BCUT2D eigenvalue weighted by molar-refractivity contribution is -0.111. The van der Waals surface area contributed by atoms with E-state index in [0.29, 0.717) is 22.4 Å². The van der Waals surface area contributed by atoms with Crippen LogP contribution in [0, 0.1) is 5.92 Å². The summed E-state index contributed by atoms with van der Waals surface area (Å²) in [6.07, 6.45) is 6.54. The number of hydrogen-bond acceptors (Lipinski definition) is 6. The molecule has 188 valence electrons. The molecule has 1 aliphatic heterocycles. The third-order valence-corrected chi connectivity index (χ3v) is 6.58. The Hall–Kier alpha value is -3.42. The second-order valence-corrected chi connectivity index (χ2v) is 9.58. The Labute approximate surface area is 218 Å². The number of amides is 1. The molecule has 3 N–H and O–H groups in total. The topological polar surface area (TPSA) is 82.2 Å². The van der Waals surface area contributed by atoms with E-state index in [2.05, 4.69) is 50.4 Å². The van der Waals surface area contributed by atoms with Gasteiger partial charge in [-0.2, -0.15) is 0 Å². The van der Waals surface area contributed by atoms with Crippen LogP contribution in [-0.4, -0.2) is 47.0 Å². The number of rotatable bonds is 10. The van der Waals surface area contributed by atoms with Crippen LogP contribution in [-0.2, 0) is 4.79 Å². The molecule has 1 saturated heterocycles. The lowest BCUT2D eigenvalue weighted by Crippen LogP contribution is -2.34. The van der Waals surface area contributed by atoms with E-state index in [0.717, 1.165) is 42.4 Å².